The third kappa shape index (κ3) is 1.89. The van der Waals surface area contributed by atoms with Crippen molar-refractivity contribution in [2.75, 3.05) is 20.1 Å². The number of rotatable bonds is 1. The molecule has 0 amide bonds. The van der Waals surface area contributed by atoms with Crippen molar-refractivity contribution in [1.82, 2.24) is 9.47 Å². The summed E-state index contributed by atoms with van der Waals surface area (Å²) in [6.07, 6.45) is 4.66. The van der Waals surface area contributed by atoms with E-state index in [1.165, 1.54) is 42.4 Å². The molecule has 0 spiro atoms. The highest BCUT2D eigenvalue weighted by atomic mass is 16.3. The Bertz CT molecular complexity index is 565. The van der Waals surface area contributed by atoms with E-state index in [2.05, 4.69) is 29.8 Å². The highest BCUT2D eigenvalue weighted by molar-refractivity contribution is 5.85. The molecule has 1 N–H and O–H groups in total. The molecular weight excluding hydrogens is 224 g/mol. The molecule has 1 aromatic carbocycles. The van der Waals surface area contributed by atoms with E-state index < -0.39 is 0 Å². The largest absolute Gasteiger partial charge is 0.508 e. The van der Waals surface area contributed by atoms with E-state index in [0.29, 0.717) is 11.7 Å². The van der Waals surface area contributed by atoms with Gasteiger partial charge in [0.15, 0.2) is 0 Å². The molecule has 1 saturated heterocycles. The van der Waals surface area contributed by atoms with Crippen LogP contribution in [0.2, 0.25) is 0 Å². The summed E-state index contributed by atoms with van der Waals surface area (Å²) in [5.74, 6) is 0.995. The lowest BCUT2D eigenvalue weighted by Crippen LogP contribution is -2.29. The van der Waals surface area contributed by atoms with E-state index in [0.717, 1.165) is 0 Å². The Morgan fingerprint density at radius 3 is 2.61 bits per heavy atom. The predicted octanol–water partition coefficient (Wildman–Crippen LogP) is 2.69. The van der Waals surface area contributed by atoms with Gasteiger partial charge in [0.25, 0.3) is 0 Å². The molecule has 1 aliphatic rings. The first-order valence-corrected chi connectivity index (χ1v) is 6.61. The van der Waals surface area contributed by atoms with E-state index in [-0.39, 0.29) is 0 Å². The summed E-state index contributed by atoms with van der Waals surface area (Å²) in [6.45, 7) is 2.33. The summed E-state index contributed by atoms with van der Waals surface area (Å²) in [5.41, 5.74) is 2.61. The van der Waals surface area contributed by atoms with Crippen LogP contribution in [0.3, 0.4) is 0 Å². The summed E-state index contributed by atoms with van der Waals surface area (Å²) in [7, 11) is 4.27. The SMILES string of the molecule is CN1CCC(c2cn(C)c3ccc(O)cc23)CC1. The third-order valence-corrected chi connectivity index (χ3v) is 4.16. The van der Waals surface area contributed by atoms with Gasteiger partial charge >= 0.3 is 0 Å². The Labute approximate surface area is 108 Å². The molecule has 1 fully saturated rings. The number of hydrogen-bond acceptors (Lipinski definition) is 2. The van der Waals surface area contributed by atoms with Crippen molar-refractivity contribution in [2.24, 2.45) is 7.05 Å². The van der Waals surface area contributed by atoms with Crippen molar-refractivity contribution < 1.29 is 5.11 Å². The van der Waals surface area contributed by atoms with Crippen molar-refractivity contribution in [2.45, 2.75) is 18.8 Å². The van der Waals surface area contributed by atoms with Crippen LogP contribution in [-0.2, 0) is 7.05 Å². The number of nitrogens with zero attached hydrogens (tertiary/aromatic N) is 2. The Morgan fingerprint density at radius 2 is 1.89 bits per heavy atom. The summed E-state index contributed by atoms with van der Waals surface area (Å²) < 4.78 is 2.17. The van der Waals surface area contributed by atoms with Crippen LogP contribution in [0, 0.1) is 0 Å². The zero-order valence-corrected chi connectivity index (χ0v) is 11.1. The summed E-state index contributed by atoms with van der Waals surface area (Å²) in [6, 6.07) is 5.67. The molecule has 3 heteroatoms. The maximum absolute atomic E-state index is 9.69. The van der Waals surface area contributed by atoms with Gasteiger partial charge in [-0.3, -0.25) is 0 Å². The van der Waals surface area contributed by atoms with Gasteiger partial charge in [0.05, 0.1) is 0 Å². The fourth-order valence-electron chi connectivity index (χ4n) is 3.06. The zero-order valence-electron chi connectivity index (χ0n) is 11.1. The molecule has 0 unspecified atom stereocenters. The minimum atomic E-state index is 0.364. The normalized spacial score (nSPS) is 18.6. The molecule has 3 rings (SSSR count). The average molecular weight is 244 g/mol. The minimum Gasteiger partial charge on any atom is -0.508 e. The summed E-state index contributed by atoms with van der Waals surface area (Å²) >= 11 is 0. The zero-order chi connectivity index (χ0) is 12.7. The molecule has 18 heavy (non-hydrogen) atoms. The first kappa shape index (κ1) is 11.6. The van der Waals surface area contributed by atoms with Crippen molar-refractivity contribution >= 4 is 10.9 Å². The van der Waals surface area contributed by atoms with Gasteiger partial charge in [0, 0.05) is 24.1 Å². The van der Waals surface area contributed by atoms with Crippen LogP contribution < -0.4 is 0 Å². The van der Waals surface area contributed by atoms with E-state index in [1.807, 2.05) is 12.1 Å². The van der Waals surface area contributed by atoms with Crippen molar-refractivity contribution in [1.29, 1.82) is 0 Å². The summed E-state index contributed by atoms with van der Waals surface area (Å²) in [4.78, 5) is 2.39. The lowest BCUT2D eigenvalue weighted by Gasteiger charge is -2.28. The Balaban J connectivity index is 2.03. The number of aromatic nitrogens is 1. The van der Waals surface area contributed by atoms with Gasteiger partial charge in [-0.05, 0) is 62.7 Å². The second kappa shape index (κ2) is 4.32. The van der Waals surface area contributed by atoms with Gasteiger partial charge in [-0.15, -0.1) is 0 Å². The van der Waals surface area contributed by atoms with Crippen molar-refractivity contribution in [3.63, 3.8) is 0 Å². The van der Waals surface area contributed by atoms with Crippen LogP contribution >= 0.6 is 0 Å². The monoisotopic (exact) mass is 244 g/mol. The van der Waals surface area contributed by atoms with Gasteiger partial charge in [0.2, 0.25) is 0 Å². The highest BCUT2D eigenvalue weighted by Crippen LogP contribution is 2.35. The molecule has 0 atom stereocenters. The van der Waals surface area contributed by atoms with Gasteiger partial charge in [-0.25, -0.2) is 0 Å². The van der Waals surface area contributed by atoms with Crippen LogP contribution in [0.5, 0.6) is 5.75 Å². The molecule has 2 heterocycles. The maximum Gasteiger partial charge on any atom is 0.116 e. The molecule has 0 saturated carbocycles. The Hall–Kier alpha value is -1.48. The molecule has 3 nitrogen and oxygen atoms in total. The van der Waals surface area contributed by atoms with Gasteiger partial charge in [-0.2, -0.15) is 0 Å². The van der Waals surface area contributed by atoms with Gasteiger partial charge in [-0.1, -0.05) is 0 Å². The lowest BCUT2D eigenvalue weighted by molar-refractivity contribution is 0.256. The smallest absolute Gasteiger partial charge is 0.116 e. The van der Waals surface area contributed by atoms with Gasteiger partial charge in [0.1, 0.15) is 5.75 Å². The molecule has 0 aliphatic carbocycles. The quantitative estimate of drug-likeness (QED) is 0.835. The first-order valence-electron chi connectivity index (χ1n) is 6.61. The summed E-state index contributed by atoms with van der Waals surface area (Å²) in [5, 5.41) is 10.9. The van der Waals surface area contributed by atoms with Crippen LogP contribution in [0.4, 0.5) is 0 Å². The highest BCUT2D eigenvalue weighted by Gasteiger charge is 2.21. The standard InChI is InChI=1S/C15H20N2O/c1-16-7-5-11(6-8-16)14-10-17(2)15-4-3-12(18)9-13(14)15/h3-4,9-11,18H,5-8H2,1-2H3. The van der Waals surface area contributed by atoms with Crippen molar-refractivity contribution in [3.8, 4) is 5.75 Å². The topological polar surface area (TPSA) is 28.4 Å². The predicted molar refractivity (Wildman–Crippen MR) is 74.1 cm³/mol. The van der Waals surface area contributed by atoms with E-state index >= 15 is 0 Å². The molecule has 0 bridgehead atoms. The lowest BCUT2D eigenvalue weighted by atomic mass is 9.89. The number of piperidine rings is 1. The molecule has 1 aromatic heterocycles. The molecule has 1 aliphatic heterocycles. The van der Waals surface area contributed by atoms with Crippen LogP contribution in [0.25, 0.3) is 10.9 Å². The molecule has 0 radical (unpaired) electrons. The Kier molecular flexibility index (Phi) is 2.78. The number of fused-ring (bicyclic) bond motifs is 1. The Morgan fingerprint density at radius 1 is 1.17 bits per heavy atom. The van der Waals surface area contributed by atoms with Gasteiger partial charge < -0.3 is 14.6 Å². The maximum atomic E-state index is 9.69. The number of hydrogen-bond donors (Lipinski definition) is 1. The van der Waals surface area contributed by atoms with E-state index in [9.17, 15) is 5.11 Å². The molecular formula is C15H20N2O. The fraction of sp³-hybridized carbons (Fsp3) is 0.467. The average Bonchev–Trinajstić information content (AvgIpc) is 2.67. The first-order chi connectivity index (χ1) is 8.65. The number of benzene rings is 1. The number of aromatic hydroxyl groups is 1. The number of phenols is 1. The van der Waals surface area contributed by atoms with Crippen molar-refractivity contribution in [3.05, 3.63) is 30.0 Å². The number of phenolic OH excluding ortho intramolecular Hbond substituents is 1. The van der Waals surface area contributed by atoms with E-state index in [4.69, 9.17) is 0 Å². The van der Waals surface area contributed by atoms with Crippen LogP contribution in [-0.4, -0.2) is 34.7 Å². The third-order valence-electron chi connectivity index (χ3n) is 4.16. The van der Waals surface area contributed by atoms with E-state index in [1.54, 1.807) is 6.07 Å². The molecule has 2 aromatic rings. The fourth-order valence-corrected chi connectivity index (χ4v) is 3.06. The second-order valence-electron chi connectivity index (χ2n) is 5.47. The minimum absolute atomic E-state index is 0.364. The number of aryl methyl sites for hydroxylation is 1. The molecule has 96 valence electrons. The number of likely N-dealkylation sites (tertiary alicyclic amines) is 1. The second-order valence-corrected chi connectivity index (χ2v) is 5.47. The van der Waals surface area contributed by atoms with Crippen LogP contribution in [0.15, 0.2) is 24.4 Å². The van der Waals surface area contributed by atoms with Crippen LogP contribution in [0.1, 0.15) is 24.3 Å².